The zero-order valence-corrected chi connectivity index (χ0v) is 14.1. The van der Waals surface area contributed by atoms with Gasteiger partial charge in [-0.05, 0) is 26.0 Å². The van der Waals surface area contributed by atoms with Gasteiger partial charge < -0.3 is 13.8 Å². The third-order valence-corrected chi connectivity index (χ3v) is 4.40. The Balaban J connectivity index is 2.08. The van der Waals surface area contributed by atoms with Crippen LogP contribution in [0, 0.1) is 12.7 Å². The van der Waals surface area contributed by atoms with Crippen LogP contribution in [-0.4, -0.2) is 28.8 Å². The second-order valence-electron chi connectivity index (χ2n) is 5.06. The monoisotopic (exact) mass is 349 g/mol. The molecule has 8 heteroatoms. The number of nitrogens with zero attached hydrogens (tertiary/aromatic N) is 3. The zero-order valence-electron chi connectivity index (χ0n) is 13.3. The Morgan fingerprint density at radius 3 is 3.04 bits per heavy atom. The number of hydrogen-bond acceptors (Lipinski definition) is 5. The molecule has 24 heavy (non-hydrogen) atoms. The quantitative estimate of drug-likeness (QED) is 0.664. The smallest absolute Gasteiger partial charge is 0.301 e. The van der Waals surface area contributed by atoms with Gasteiger partial charge >= 0.3 is 5.91 Å². The van der Waals surface area contributed by atoms with Gasteiger partial charge in [0.1, 0.15) is 11.6 Å². The molecule has 0 atom stereocenters. The van der Waals surface area contributed by atoms with E-state index < -0.39 is 5.91 Å². The highest BCUT2D eigenvalue weighted by atomic mass is 32.1. The predicted molar refractivity (Wildman–Crippen MR) is 87.4 cm³/mol. The molecule has 0 saturated carbocycles. The molecule has 1 amide bonds. The van der Waals surface area contributed by atoms with Crippen molar-refractivity contribution < 1.29 is 18.4 Å². The third kappa shape index (κ3) is 3.29. The molecule has 0 spiro atoms. The summed E-state index contributed by atoms with van der Waals surface area (Å²) < 4.78 is 26.9. The predicted octanol–water partition coefficient (Wildman–Crippen LogP) is 2.92. The molecular weight excluding hydrogens is 333 g/mol. The first-order valence-electron chi connectivity index (χ1n) is 7.48. The number of fused-ring (bicyclic) bond motifs is 1. The van der Waals surface area contributed by atoms with Crippen molar-refractivity contribution in [3.63, 3.8) is 0 Å². The minimum absolute atomic E-state index is 0.127. The van der Waals surface area contributed by atoms with Gasteiger partial charge in [-0.3, -0.25) is 4.79 Å². The summed E-state index contributed by atoms with van der Waals surface area (Å²) in [6.07, 6.45) is 0. The average molecular weight is 349 g/mol. The number of hydrogen-bond donors (Lipinski definition) is 0. The molecule has 0 bridgehead atoms. The molecule has 0 unspecified atom stereocenters. The minimum Gasteiger partial charge on any atom is -0.380 e. The van der Waals surface area contributed by atoms with E-state index in [1.165, 1.54) is 23.5 Å². The Hall–Kier alpha value is -2.32. The topological polar surface area (TPSA) is 69.6 Å². The maximum absolute atomic E-state index is 14.2. The van der Waals surface area contributed by atoms with Crippen molar-refractivity contribution in [2.24, 2.45) is 4.99 Å². The molecule has 0 aliphatic carbocycles. The lowest BCUT2D eigenvalue weighted by atomic mass is 10.3. The van der Waals surface area contributed by atoms with Crippen LogP contribution in [0.25, 0.3) is 10.2 Å². The average Bonchev–Trinajstić information content (AvgIpc) is 3.13. The van der Waals surface area contributed by atoms with E-state index in [1.807, 2.05) is 6.92 Å². The van der Waals surface area contributed by atoms with Gasteiger partial charge in [0, 0.05) is 19.2 Å². The van der Waals surface area contributed by atoms with E-state index in [0.717, 1.165) is 4.70 Å². The second-order valence-corrected chi connectivity index (χ2v) is 6.07. The molecule has 2 heterocycles. The van der Waals surface area contributed by atoms with Crippen molar-refractivity contribution in [3.8, 4) is 0 Å². The van der Waals surface area contributed by atoms with Crippen molar-refractivity contribution in [3.05, 3.63) is 46.3 Å². The number of aromatic nitrogens is 2. The Morgan fingerprint density at radius 2 is 2.33 bits per heavy atom. The minimum atomic E-state index is -0.524. The fourth-order valence-electron chi connectivity index (χ4n) is 2.29. The lowest BCUT2D eigenvalue weighted by molar-refractivity contribution is 0.0988. The summed E-state index contributed by atoms with van der Waals surface area (Å²) in [7, 11) is 0. The van der Waals surface area contributed by atoms with Crippen molar-refractivity contribution in [1.29, 1.82) is 0 Å². The van der Waals surface area contributed by atoms with Crippen LogP contribution in [0.15, 0.2) is 33.8 Å². The highest BCUT2D eigenvalue weighted by Crippen LogP contribution is 2.20. The summed E-state index contributed by atoms with van der Waals surface area (Å²) in [5, 5.41) is 3.67. The first-order chi connectivity index (χ1) is 11.6. The lowest BCUT2D eigenvalue weighted by Crippen LogP contribution is -2.20. The van der Waals surface area contributed by atoms with E-state index >= 15 is 0 Å². The molecule has 0 N–H and O–H groups in total. The first-order valence-corrected chi connectivity index (χ1v) is 8.29. The largest absolute Gasteiger partial charge is 0.380 e. The molecule has 0 radical (unpaired) electrons. The van der Waals surface area contributed by atoms with Crippen molar-refractivity contribution >= 4 is 27.5 Å². The van der Waals surface area contributed by atoms with Gasteiger partial charge in [-0.15, -0.1) is 0 Å². The van der Waals surface area contributed by atoms with Crippen LogP contribution in [0.2, 0.25) is 0 Å². The third-order valence-electron chi connectivity index (χ3n) is 3.36. The van der Waals surface area contributed by atoms with Crippen LogP contribution >= 0.6 is 11.3 Å². The maximum Gasteiger partial charge on any atom is 0.301 e. The normalized spacial score (nSPS) is 12.2. The zero-order chi connectivity index (χ0) is 17.1. The summed E-state index contributed by atoms with van der Waals surface area (Å²) in [4.78, 5) is 16.8. The molecule has 0 aliphatic heterocycles. The van der Waals surface area contributed by atoms with Gasteiger partial charge in [0.25, 0.3) is 0 Å². The Bertz CT molecular complexity index is 942. The highest BCUT2D eigenvalue weighted by Gasteiger charge is 2.14. The molecule has 6 nitrogen and oxygen atoms in total. The van der Waals surface area contributed by atoms with Crippen molar-refractivity contribution in [1.82, 2.24) is 9.72 Å². The lowest BCUT2D eigenvalue weighted by Gasteiger charge is -2.05. The molecule has 3 rings (SSSR count). The van der Waals surface area contributed by atoms with Gasteiger partial charge in [-0.1, -0.05) is 22.6 Å². The number of ether oxygens (including phenoxy) is 1. The van der Waals surface area contributed by atoms with Gasteiger partial charge in [0.05, 0.1) is 16.8 Å². The number of aryl methyl sites for hydroxylation is 1. The molecular formula is C16H16FN3O3S. The molecule has 0 fully saturated rings. The van der Waals surface area contributed by atoms with Crippen LogP contribution < -0.4 is 4.80 Å². The summed E-state index contributed by atoms with van der Waals surface area (Å²) in [5.41, 5.74) is 0.548. The van der Waals surface area contributed by atoms with E-state index in [1.54, 1.807) is 23.6 Å². The number of carbonyl (C=O) groups is 1. The van der Waals surface area contributed by atoms with Crippen LogP contribution in [0.1, 0.15) is 23.2 Å². The maximum atomic E-state index is 14.2. The SMILES string of the molecule is CCOCCn1c(=NC(=O)c2cc(C)on2)sc2cccc(F)c21. The van der Waals surface area contributed by atoms with E-state index in [-0.39, 0.29) is 11.5 Å². The van der Waals surface area contributed by atoms with Gasteiger partial charge in [-0.2, -0.15) is 4.99 Å². The Labute approximate surface area is 141 Å². The number of thiazole rings is 1. The van der Waals surface area contributed by atoms with Crippen molar-refractivity contribution in [2.75, 3.05) is 13.2 Å². The number of benzene rings is 1. The Kier molecular flexibility index (Phi) is 4.86. The van der Waals surface area contributed by atoms with Crippen LogP contribution in [0.5, 0.6) is 0 Å². The molecule has 1 aromatic carbocycles. The molecule has 126 valence electrons. The van der Waals surface area contributed by atoms with Crippen LogP contribution in [0.3, 0.4) is 0 Å². The number of halogens is 1. The standard InChI is InChI=1S/C16H16FN3O3S/c1-3-22-8-7-20-14-11(17)5-4-6-13(14)24-16(20)18-15(21)12-9-10(2)23-19-12/h4-6,9H,3,7-8H2,1-2H3. The summed E-state index contributed by atoms with van der Waals surface area (Å²) in [5.74, 6) is -0.351. The fraction of sp³-hybridized carbons (Fsp3) is 0.312. The van der Waals surface area contributed by atoms with Crippen LogP contribution in [0.4, 0.5) is 4.39 Å². The van der Waals surface area contributed by atoms with Gasteiger partial charge in [0.2, 0.25) is 0 Å². The molecule has 0 saturated heterocycles. The van der Waals surface area contributed by atoms with E-state index in [4.69, 9.17) is 9.26 Å². The van der Waals surface area contributed by atoms with E-state index in [9.17, 15) is 9.18 Å². The molecule has 0 aliphatic rings. The number of carbonyl (C=O) groups excluding carboxylic acids is 1. The highest BCUT2D eigenvalue weighted by molar-refractivity contribution is 7.16. The number of rotatable bonds is 5. The summed E-state index contributed by atoms with van der Waals surface area (Å²) in [6, 6.07) is 6.33. The molecule has 3 aromatic rings. The van der Waals surface area contributed by atoms with E-state index in [0.29, 0.717) is 35.8 Å². The summed E-state index contributed by atoms with van der Waals surface area (Å²) in [6.45, 7) is 4.95. The van der Waals surface area contributed by atoms with E-state index in [2.05, 4.69) is 10.1 Å². The van der Waals surface area contributed by atoms with Gasteiger partial charge in [0.15, 0.2) is 10.5 Å². The molecule has 2 aromatic heterocycles. The van der Waals surface area contributed by atoms with Crippen molar-refractivity contribution in [2.45, 2.75) is 20.4 Å². The van der Waals surface area contributed by atoms with Crippen LogP contribution in [-0.2, 0) is 11.3 Å². The first kappa shape index (κ1) is 16.5. The number of amides is 1. The fourth-order valence-corrected chi connectivity index (χ4v) is 3.36. The Morgan fingerprint density at radius 1 is 1.50 bits per heavy atom. The summed E-state index contributed by atoms with van der Waals surface area (Å²) >= 11 is 1.25. The second kappa shape index (κ2) is 7.06. The number of para-hydroxylation sites is 1. The van der Waals surface area contributed by atoms with Gasteiger partial charge in [-0.25, -0.2) is 4.39 Å².